The van der Waals surface area contributed by atoms with Gasteiger partial charge in [0, 0.05) is 11.5 Å². The summed E-state index contributed by atoms with van der Waals surface area (Å²) in [6.45, 7) is 5.07. The maximum atomic E-state index is 12.0. The second-order valence-electron chi connectivity index (χ2n) is 4.56. The van der Waals surface area contributed by atoms with Crippen molar-refractivity contribution in [1.82, 2.24) is 4.72 Å². The highest BCUT2D eigenvalue weighted by Gasteiger charge is 2.22. The number of carbonyl (C=O) groups is 2. The lowest BCUT2D eigenvalue weighted by Gasteiger charge is -2.13. The van der Waals surface area contributed by atoms with Crippen LogP contribution in [0.5, 0.6) is 0 Å². The van der Waals surface area contributed by atoms with Gasteiger partial charge in [-0.1, -0.05) is 26.0 Å². The van der Waals surface area contributed by atoms with Crippen molar-refractivity contribution < 1.29 is 18.0 Å². The molecule has 0 saturated heterocycles. The predicted octanol–water partition coefficient (Wildman–Crippen LogP) is 2.13. The van der Waals surface area contributed by atoms with E-state index in [9.17, 15) is 18.0 Å². The average Bonchev–Trinajstić information content (AvgIpc) is 2.39. The van der Waals surface area contributed by atoms with Crippen LogP contribution in [0.15, 0.2) is 29.2 Å². The highest BCUT2D eigenvalue weighted by Crippen LogP contribution is 2.13. The summed E-state index contributed by atoms with van der Waals surface area (Å²) in [5.41, 5.74) is 0.426. The minimum absolute atomic E-state index is 0.0261. The van der Waals surface area contributed by atoms with Crippen LogP contribution in [0.25, 0.3) is 0 Å². The van der Waals surface area contributed by atoms with Crippen LogP contribution in [0.4, 0.5) is 0 Å². The molecule has 0 bridgehead atoms. The van der Waals surface area contributed by atoms with Gasteiger partial charge in [0.15, 0.2) is 5.78 Å². The summed E-state index contributed by atoms with van der Waals surface area (Å²) in [5.74, 6) is -0.957. The van der Waals surface area contributed by atoms with Gasteiger partial charge in [-0.15, -0.1) is 0 Å². The number of nitrogens with one attached hydrogen (secondary N) is 1. The largest absolute Gasteiger partial charge is 0.295 e. The summed E-state index contributed by atoms with van der Waals surface area (Å²) >= 11 is 0. The van der Waals surface area contributed by atoms with E-state index in [1.54, 1.807) is 0 Å². The molecule has 110 valence electrons. The van der Waals surface area contributed by atoms with Gasteiger partial charge in [-0.3, -0.25) is 9.59 Å². The van der Waals surface area contributed by atoms with Crippen LogP contribution in [-0.4, -0.2) is 20.1 Å². The van der Waals surface area contributed by atoms with Crippen LogP contribution >= 0.6 is 0 Å². The van der Waals surface area contributed by atoms with Crippen LogP contribution in [0.3, 0.4) is 0 Å². The summed E-state index contributed by atoms with van der Waals surface area (Å²) in [6, 6.07) is 5.50. The molecule has 20 heavy (non-hydrogen) atoms. The fraction of sp³-hybridized carbons (Fsp3) is 0.429. The highest BCUT2D eigenvalue weighted by molar-refractivity contribution is 7.90. The number of hydrogen-bond donors (Lipinski definition) is 1. The van der Waals surface area contributed by atoms with Gasteiger partial charge in [0.25, 0.3) is 10.0 Å². The van der Waals surface area contributed by atoms with Gasteiger partial charge in [-0.25, -0.2) is 13.1 Å². The molecule has 0 radical (unpaired) electrons. The monoisotopic (exact) mass is 297 g/mol. The quantitative estimate of drug-likeness (QED) is 0.816. The lowest BCUT2D eigenvalue weighted by Crippen LogP contribution is -2.35. The van der Waals surface area contributed by atoms with Crippen LogP contribution in [-0.2, 0) is 14.8 Å². The summed E-state index contributed by atoms with van der Waals surface area (Å²) in [7, 11) is -3.88. The molecular formula is C14H19NO4S. The van der Waals surface area contributed by atoms with Crippen molar-refractivity contribution in [3.8, 4) is 0 Å². The fourth-order valence-electron chi connectivity index (χ4n) is 1.80. The van der Waals surface area contributed by atoms with Gasteiger partial charge in [0.1, 0.15) is 0 Å². The Labute approximate surface area is 119 Å². The molecule has 1 amide bonds. The Hall–Kier alpha value is -1.69. The van der Waals surface area contributed by atoms with E-state index in [1.807, 2.05) is 13.8 Å². The zero-order valence-corrected chi connectivity index (χ0v) is 12.7. The van der Waals surface area contributed by atoms with E-state index in [2.05, 4.69) is 4.72 Å². The summed E-state index contributed by atoms with van der Waals surface area (Å²) < 4.78 is 26.2. The fourth-order valence-corrected chi connectivity index (χ4v) is 2.85. The van der Waals surface area contributed by atoms with Crippen LogP contribution in [0.2, 0.25) is 0 Å². The molecule has 0 aliphatic carbocycles. The first-order chi connectivity index (χ1) is 9.31. The van der Waals surface area contributed by atoms with E-state index in [-0.39, 0.29) is 16.6 Å². The van der Waals surface area contributed by atoms with Crippen molar-refractivity contribution >= 4 is 21.7 Å². The number of Topliss-reactive ketones (excluding diaryl/α,β-unsaturated/α-hetero) is 1. The molecule has 0 unspecified atom stereocenters. The number of amides is 1. The number of carbonyl (C=O) groups excluding carboxylic acids is 2. The van der Waals surface area contributed by atoms with Gasteiger partial charge in [0.05, 0.1) is 4.90 Å². The zero-order valence-electron chi connectivity index (χ0n) is 11.8. The standard InChI is InChI=1S/C14H19NO4S/c1-4-11(5-2)14(17)15-20(18,19)13-8-6-12(7-9-13)10(3)16/h6-9,11H,4-5H2,1-3H3,(H,15,17). The summed E-state index contributed by atoms with van der Waals surface area (Å²) in [5, 5.41) is 0. The second-order valence-corrected chi connectivity index (χ2v) is 6.25. The van der Waals surface area contributed by atoms with Crippen molar-refractivity contribution in [2.75, 3.05) is 0 Å². The smallest absolute Gasteiger partial charge is 0.264 e. The van der Waals surface area contributed by atoms with Gasteiger partial charge in [0.2, 0.25) is 5.91 Å². The van der Waals surface area contributed by atoms with E-state index < -0.39 is 15.9 Å². The molecule has 6 heteroatoms. The predicted molar refractivity (Wildman–Crippen MR) is 75.8 cm³/mol. The molecule has 0 aromatic heterocycles. The van der Waals surface area contributed by atoms with Gasteiger partial charge < -0.3 is 0 Å². The Morgan fingerprint density at radius 2 is 1.60 bits per heavy atom. The SMILES string of the molecule is CCC(CC)C(=O)NS(=O)(=O)c1ccc(C(C)=O)cc1. The highest BCUT2D eigenvalue weighted by atomic mass is 32.2. The van der Waals surface area contributed by atoms with Crippen LogP contribution in [0.1, 0.15) is 44.0 Å². The van der Waals surface area contributed by atoms with Crippen LogP contribution < -0.4 is 4.72 Å². The minimum atomic E-state index is -3.88. The molecule has 0 heterocycles. The topological polar surface area (TPSA) is 80.3 Å². The lowest BCUT2D eigenvalue weighted by atomic mass is 10.0. The molecule has 0 spiro atoms. The summed E-state index contributed by atoms with van der Waals surface area (Å²) in [4.78, 5) is 22.9. The molecule has 1 rings (SSSR count). The zero-order chi connectivity index (χ0) is 15.3. The van der Waals surface area contributed by atoms with Crippen molar-refractivity contribution in [2.45, 2.75) is 38.5 Å². The van der Waals surface area contributed by atoms with Crippen molar-refractivity contribution in [3.63, 3.8) is 0 Å². The molecule has 0 aliphatic heterocycles. The normalized spacial score (nSPS) is 11.4. The minimum Gasteiger partial charge on any atom is -0.295 e. The molecule has 0 atom stereocenters. The third-order valence-electron chi connectivity index (χ3n) is 3.16. The van der Waals surface area contributed by atoms with Gasteiger partial charge in [-0.2, -0.15) is 0 Å². The molecule has 5 nitrogen and oxygen atoms in total. The number of hydrogen-bond acceptors (Lipinski definition) is 4. The Balaban J connectivity index is 2.94. The first-order valence-corrected chi connectivity index (χ1v) is 7.97. The Morgan fingerprint density at radius 1 is 1.10 bits per heavy atom. The van der Waals surface area contributed by atoms with Crippen molar-refractivity contribution in [3.05, 3.63) is 29.8 Å². The van der Waals surface area contributed by atoms with Gasteiger partial charge in [-0.05, 0) is 31.9 Å². The first kappa shape index (κ1) is 16.4. The van der Waals surface area contributed by atoms with Gasteiger partial charge >= 0.3 is 0 Å². The molecule has 0 fully saturated rings. The van der Waals surface area contributed by atoms with Crippen molar-refractivity contribution in [1.29, 1.82) is 0 Å². The first-order valence-electron chi connectivity index (χ1n) is 6.49. The molecule has 0 saturated carbocycles. The Morgan fingerprint density at radius 3 is 2.00 bits per heavy atom. The van der Waals surface area contributed by atoms with E-state index in [1.165, 1.54) is 31.2 Å². The molecular weight excluding hydrogens is 278 g/mol. The number of rotatable bonds is 6. The number of sulfonamides is 1. The Kier molecular flexibility index (Phi) is 5.44. The second kappa shape index (κ2) is 6.65. The maximum Gasteiger partial charge on any atom is 0.264 e. The molecule has 1 aromatic carbocycles. The van der Waals surface area contributed by atoms with Crippen molar-refractivity contribution in [2.24, 2.45) is 5.92 Å². The molecule has 1 aromatic rings. The Bertz CT molecular complexity index is 586. The van der Waals surface area contributed by atoms with E-state index in [0.717, 1.165) is 0 Å². The number of benzene rings is 1. The van der Waals surface area contributed by atoms with E-state index in [4.69, 9.17) is 0 Å². The van der Waals surface area contributed by atoms with E-state index >= 15 is 0 Å². The third-order valence-corrected chi connectivity index (χ3v) is 4.53. The number of ketones is 1. The van der Waals surface area contributed by atoms with E-state index in [0.29, 0.717) is 18.4 Å². The summed E-state index contributed by atoms with van der Waals surface area (Å²) in [6.07, 6.45) is 1.17. The average molecular weight is 297 g/mol. The molecule has 1 N–H and O–H groups in total. The van der Waals surface area contributed by atoms with Crippen LogP contribution in [0, 0.1) is 5.92 Å². The molecule has 0 aliphatic rings. The third kappa shape index (κ3) is 3.90. The lowest BCUT2D eigenvalue weighted by molar-refractivity contribution is -0.123. The maximum absolute atomic E-state index is 12.0.